The monoisotopic (exact) mass is 253 g/mol. The van der Waals surface area contributed by atoms with E-state index in [1.807, 2.05) is 6.92 Å². The molecule has 5 nitrogen and oxygen atoms in total. The predicted molar refractivity (Wildman–Crippen MR) is 68.8 cm³/mol. The van der Waals surface area contributed by atoms with E-state index in [4.69, 9.17) is 19.9 Å². The van der Waals surface area contributed by atoms with Gasteiger partial charge in [0, 0.05) is 25.3 Å². The average molecular weight is 253 g/mol. The third-order valence-corrected chi connectivity index (χ3v) is 2.35. The van der Waals surface area contributed by atoms with Crippen LogP contribution in [-0.4, -0.2) is 32.9 Å². The summed E-state index contributed by atoms with van der Waals surface area (Å²) in [4.78, 5) is 11.8. The molecule has 0 saturated carbocycles. The van der Waals surface area contributed by atoms with E-state index >= 15 is 0 Å². The molecule has 0 radical (unpaired) electrons. The van der Waals surface area contributed by atoms with Crippen molar-refractivity contribution in [2.45, 2.75) is 13.3 Å². The van der Waals surface area contributed by atoms with E-state index in [1.54, 1.807) is 18.2 Å². The molecule has 0 fully saturated rings. The fraction of sp³-hybridized carbons (Fsp3) is 0.462. The second-order valence-electron chi connectivity index (χ2n) is 3.64. The maximum atomic E-state index is 11.8. The van der Waals surface area contributed by atoms with Gasteiger partial charge in [0.25, 0.3) is 0 Å². The molecule has 0 spiro atoms. The Morgan fingerprint density at radius 2 is 2.11 bits per heavy atom. The number of carbonyl (C=O) groups excluding carboxylic acids is 1. The molecule has 0 bridgehead atoms. The molecule has 0 heterocycles. The van der Waals surface area contributed by atoms with Gasteiger partial charge in [0.2, 0.25) is 0 Å². The van der Waals surface area contributed by atoms with Gasteiger partial charge in [-0.1, -0.05) is 0 Å². The van der Waals surface area contributed by atoms with E-state index in [0.29, 0.717) is 43.2 Å². The smallest absolute Gasteiger partial charge is 0.340 e. The van der Waals surface area contributed by atoms with Crippen LogP contribution in [0.25, 0.3) is 0 Å². The molecule has 0 aromatic heterocycles. The quantitative estimate of drug-likeness (QED) is 0.456. The number of hydrogen-bond donors (Lipinski definition) is 1. The zero-order chi connectivity index (χ0) is 13.4. The molecule has 0 amide bonds. The first-order valence-corrected chi connectivity index (χ1v) is 5.87. The van der Waals surface area contributed by atoms with E-state index in [0.717, 1.165) is 0 Å². The van der Waals surface area contributed by atoms with E-state index in [-0.39, 0.29) is 0 Å². The van der Waals surface area contributed by atoms with Gasteiger partial charge in [0.15, 0.2) is 0 Å². The Morgan fingerprint density at radius 1 is 1.33 bits per heavy atom. The Hall–Kier alpha value is -1.75. The van der Waals surface area contributed by atoms with Crippen LogP contribution in [0.2, 0.25) is 0 Å². The first-order chi connectivity index (χ1) is 8.69. The highest BCUT2D eigenvalue weighted by Gasteiger charge is 2.12. The summed E-state index contributed by atoms with van der Waals surface area (Å²) in [7, 11) is 1.53. The molecule has 0 aliphatic rings. The van der Waals surface area contributed by atoms with Crippen LogP contribution >= 0.6 is 0 Å². The fourth-order valence-electron chi connectivity index (χ4n) is 1.39. The number of carbonyl (C=O) groups is 1. The highest BCUT2D eigenvalue weighted by Crippen LogP contribution is 2.20. The second-order valence-corrected chi connectivity index (χ2v) is 3.64. The average Bonchev–Trinajstić information content (AvgIpc) is 2.39. The molecular weight excluding hydrogens is 234 g/mol. The Morgan fingerprint density at radius 3 is 2.78 bits per heavy atom. The molecule has 1 aromatic carbocycles. The summed E-state index contributed by atoms with van der Waals surface area (Å²) < 4.78 is 15.3. The van der Waals surface area contributed by atoms with Crippen molar-refractivity contribution in [3.8, 4) is 5.75 Å². The first-order valence-electron chi connectivity index (χ1n) is 5.87. The number of rotatable bonds is 7. The SMILES string of the molecule is CCOCCCOC(=O)c1cc(OC)ccc1N. The highest BCUT2D eigenvalue weighted by molar-refractivity contribution is 5.95. The van der Waals surface area contributed by atoms with Gasteiger partial charge in [-0.15, -0.1) is 0 Å². The number of methoxy groups -OCH3 is 1. The van der Waals surface area contributed by atoms with Crippen molar-refractivity contribution >= 4 is 11.7 Å². The highest BCUT2D eigenvalue weighted by atomic mass is 16.5. The molecule has 0 unspecified atom stereocenters. The summed E-state index contributed by atoms with van der Waals surface area (Å²) in [5.41, 5.74) is 6.42. The normalized spacial score (nSPS) is 10.1. The van der Waals surface area contributed by atoms with Crippen molar-refractivity contribution < 1.29 is 19.0 Å². The zero-order valence-electron chi connectivity index (χ0n) is 10.8. The number of nitrogens with two attached hydrogens (primary N) is 1. The number of benzene rings is 1. The molecule has 0 aliphatic heterocycles. The third-order valence-electron chi connectivity index (χ3n) is 2.35. The maximum Gasteiger partial charge on any atom is 0.340 e. The number of hydrogen-bond acceptors (Lipinski definition) is 5. The van der Waals surface area contributed by atoms with Gasteiger partial charge >= 0.3 is 5.97 Å². The van der Waals surface area contributed by atoms with Gasteiger partial charge in [0.05, 0.1) is 19.3 Å². The van der Waals surface area contributed by atoms with Crippen molar-refractivity contribution in [3.63, 3.8) is 0 Å². The van der Waals surface area contributed by atoms with E-state index < -0.39 is 5.97 Å². The van der Waals surface area contributed by atoms with E-state index in [1.165, 1.54) is 7.11 Å². The van der Waals surface area contributed by atoms with Crippen LogP contribution in [0.1, 0.15) is 23.7 Å². The lowest BCUT2D eigenvalue weighted by Crippen LogP contribution is -2.10. The Balaban J connectivity index is 2.50. The van der Waals surface area contributed by atoms with Crippen LogP contribution in [0, 0.1) is 0 Å². The van der Waals surface area contributed by atoms with Crippen LogP contribution in [0.15, 0.2) is 18.2 Å². The number of esters is 1. The van der Waals surface area contributed by atoms with E-state index in [2.05, 4.69) is 0 Å². The lowest BCUT2D eigenvalue weighted by Gasteiger charge is -2.08. The maximum absolute atomic E-state index is 11.8. The summed E-state index contributed by atoms with van der Waals surface area (Å²) in [5.74, 6) is 0.133. The van der Waals surface area contributed by atoms with Gasteiger partial charge < -0.3 is 19.9 Å². The summed E-state index contributed by atoms with van der Waals surface area (Å²) in [6.45, 7) is 3.48. The van der Waals surface area contributed by atoms with E-state index in [9.17, 15) is 4.79 Å². The summed E-state index contributed by atoms with van der Waals surface area (Å²) in [6, 6.07) is 4.89. The largest absolute Gasteiger partial charge is 0.497 e. The van der Waals surface area contributed by atoms with Crippen LogP contribution in [0.5, 0.6) is 5.75 Å². The number of ether oxygens (including phenoxy) is 3. The minimum Gasteiger partial charge on any atom is -0.497 e. The van der Waals surface area contributed by atoms with Crippen molar-refractivity contribution in [2.24, 2.45) is 0 Å². The Bertz CT molecular complexity index is 393. The van der Waals surface area contributed by atoms with Crippen molar-refractivity contribution in [2.75, 3.05) is 32.7 Å². The fourth-order valence-corrected chi connectivity index (χ4v) is 1.39. The van der Waals surface area contributed by atoms with Gasteiger partial charge in [-0.2, -0.15) is 0 Å². The molecule has 5 heteroatoms. The molecule has 0 atom stereocenters. The summed E-state index contributed by atoms with van der Waals surface area (Å²) in [6.07, 6.45) is 0.670. The minimum atomic E-state index is -0.442. The lowest BCUT2D eigenvalue weighted by atomic mass is 10.2. The van der Waals surface area contributed by atoms with Gasteiger partial charge in [-0.25, -0.2) is 4.79 Å². The summed E-state index contributed by atoms with van der Waals surface area (Å²) >= 11 is 0. The Labute approximate surface area is 107 Å². The molecule has 0 saturated heterocycles. The van der Waals surface area contributed by atoms with Crippen LogP contribution in [0.4, 0.5) is 5.69 Å². The molecule has 18 heavy (non-hydrogen) atoms. The van der Waals surface area contributed by atoms with Gasteiger partial charge in [-0.05, 0) is 25.1 Å². The molecule has 1 aromatic rings. The van der Waals surface area contributed by atoms with Gasteiger partial charge in [0.1, 0.15) is 5.75 Å². The minimum absolute atomic E-state index is 0.315. The molecule has 100 valence electrons. The standard InChI is InChI=1S/C13H19NO4/c1-3-17-7-4-8-18-13(15)11-9-10(16-2)5-6-12(11)14/h5-6,9H,3-4,7-8,14H2,1-2H3. The van der Waals surface area contributed by atoms with Crippen LogP contribution in [-0.2, 0) is 9.47 Å². The zero-order valence-corrected chi connectivity index (χ0v) is 10.8. The Kier molecular flexibility index (Phi) is 6.00. The third kappa shape index (κ3) is 4.25. The van der Waals surface area contributed by atoms with Crippen LogP contribution in [0.3, 0.4) is 0 Å². The van der Waals surface area contributed by atoms with Gasteiger partial charge in [-0.3, -0.25) is 0 Å². The predicted octanol–water partition coefficient (Wildman–Crippen LogP) is 1.86. The van der Waals surface area contributed by atoms with Crippen molar-refractivity contribution in [1.82, 2.24) is 0 Å². The van der Waals surface area contributed by atoms with Crippen LogP contribution < -0.4 is 10.5 Å². The molecule has 2 N–H and O–H groups in total. The molecule has 1 rings (SSSR count). The molecular formula is C13H19NO4. The topological polar surface area (TPSA) is 70.8 Å². The lowest BCUT2D eigenvalue weighted by molar-refractivity contribution is 0.0453. The molecule has 0 aliphatic carbocycles. The van der Waals surface area contributed by atoms with Crippen molar-refractivity contribution in [3.05, 3.63) is 23.8 Å². The second kappa shape index (κ2) is 7.55. The number of anilines is 1. The summed E-state index contributed by atoms with van der Waals surface area (Å²) in [5, 5.41) is 0. The van der Waals surface area contributed by atoms with Crippen molar-refractivity contribution in [1.29, 1.82) is 0 Å². The first kappa shape index (κ1) is 14.3. The number of nitrogen functional groups attached to an aromatic ring is 1.